The van der Waals surface area contributed by atoms with E-state index < -0.39 is 11.9 Å². The first kappa shape index (κ1) is 14.6. The van der Waals surface area contributed by atoms with Crippen LogP contribution in [0.4, 0.5) is 5.69 Å². The van der Waals surface area contributed by atoms with Gasteiger partial charge in [0.2, 0.25) is 5.76 Å². The standard InChI is InChI=1S/C14H14N2O5/c1-7-12(21-8(2)15-7)13(17)16-11-5-4-9(20-3)6-10(11)14(18)19/h4-6H,1-3H3,(H,16,17)(H,18,19). The average Bonchev–Trinajstić information content (AvgIpc) is 2.78. The predicted molar refractivity (Wildman–Crippen MR) is 73.9 cm³/mol. The summed E-state index contributed by atoms with van der Waals surface area (Å²) in [7, 11) is 1.43. The second-order valence-electron chi connectivity index (χ2n) is 4.32. The molecule has 2 aromatic rings. The SMILES string of the molecule is COc1ccc(NC(=O)c2oc(C)nc2C)c(C(=O)O)c1. The second-order valence-corrected chi connectivity index (χ2v) is 4.32. The minimum absolute atomic E-state index is 0.0552. The molecule has 0 aliphatic carbocycles. The quantitative estimate of drug-likeness (QED) is 0.895. The summed E-state index contributed by atoms with van der Waals surface area (Å²) >= 11 is 0. The van der Waals surface area contributed by atoms with Crippen molar-refractivity contribution in [1.29, 1.82) is 0 Å². The molecule has 7 heteroatoms. The van der Waals surface area contributed by atoms with Crippen molar-refractivity contribution in [1.82, 2.24) is 4.98 Å². The number of oxazole rings is 1. The monoisotopic (exact) mass is 290 g/mol. The molecule has 110 valence electrons. The molecule has 2 N–H and O–H groups in total. The van der Waals surface area contributed by atoms with Crippen LogP contribution in [0.5, 0.6) is 5.75 Å². The number of benzene rings is 1. The minimum atomic E-state index is -1.17. The van der Waals surface area contributed by atoms with E-state index in [4.69, 9.17) is 9.15 Å². The third-order valence-electron chi connectivity index (χ3n) is 2.82. The molecule has 2 rings (SSSR count). The molecule has 1 heterocycles. The van der Waals surface area contributed by atoms with Crippen LogP contribution in [0.15, 0.2) is 22.6 Å². The van der Waals surface area contributed by atoms with Gasteiger partial charge >= 0.3 is 5.97 Å². The van der Waals surface area contributed by atoms with Crippen LogP contribution in [0.25, 0.3) is 0 Å². The minimum Gasteiger partial charge on any atom is -0.497 e. The van der Waals surface area contributed by atoms with Gasteiger partial charge in [0.05, 0.1) is 24.1 Å². The number of aromatic nitrogens is 1. The first-order valence-electron chi connectivity index (χ1n) is 6.09. The van der Waals surface area contributed by atoms with Crippen LogP contribution in [0, 0.1) is 13.8 Å². The van der Waals surface area contributed by atoms with E-state index in [0.29, 0.717) is 17.3 Å². The molecule has 21 heavy (non-hydrogen) atoms. The smallest absolute Gasteiger partial charge is 0.337 e. The third kappa shape index (κ3) is 3.02. The average molecular weight is 290 g/mol. The second kappa shape index (κ2) is 5.66. The van der Waals surface area contributed by atoms with Crippen LogP contribution in [0.2, 0.25) is 0 Å². The molecule has 0 saturated carbocycles. The number of hydrogen-bond donors (Lipinski definition) is 2. The van der Waals surface area contributed by atoms with Gasteiger partial charge in [0, 0.05) is 6.92 Å². The zero-order valence-corrected chi connectivity index (χ0v) is 11.8. The van der Waals surface area contributed by atoms with Crippen molar-refractivity contribution in [2.45, 2.75) is 13.8 Å². The van der Waals surface area contributed by atoms with Crippen molar-refractivity contribution < 1.29 is 23.8 Å². The molecule has 0 saturated heterocycles. The largest absolute Gasteiger partial charge is 0.497 e. The summed E-state index contributed by atoms with van der Waals surface area (Å²) in [4.78, 5) is 27.3. The van der Waals surface area contributed by atoms with Crippen LogP contribution in [0.3, 0.4) is 0 Å². The van der Waals surface area contributed by atoms with E-state index in [9.17, 15) is 14.7 Å². The molecule has 1 aromatic carbocycles. The molecule has 0 atom stereocenters. The topological polar surface area (TPSA) is 102 Å². The molecule has 0 bridgehead atoms. The summed E-state index contributed by atoms with van der Waals surface area (Å²) in [5, 5.41) is 11.7. The Morgan fingerprint density at radius 3 is 2.57 bits per heavy atom. The molecule has 0 fully saturated rings. The summed E-state index contributed by atoms with van der Waals surface area (Å²) in [5.74, 6) is -0.918. The number of amides is 1. The van der Waals surface area contributed by atoms with E-state index >= 15 is 0 Å². The molecular weight excluding hydrogens is 276 g/mol. The van der Waals surface area contributed by atoms with E-state index in [0.717, 1.165) is 0 Å². The van der Waals surface area contributed by atoms with Crippen LogP contribution in [-0.4, -0.2) is 29.1 Å². The number of nitrogens with one attached hydrogen (secondary N) is 1. The van der Waals surface area contributed by atoms with Crippen LogP contribution in [0.1, 0.15) is 32.5 Å². The van der Waals surface area contributed by atoms with Gasteiger partial charge in [-0.15, -0.1) is 0 Å². The highest BCUT2D eigenvalue weighted by atomic mass is 16.5. The van der Waals surface area contributed by atoms with Gasteiger partial charge in [0.25, 0.3) is 5.91 Å². The predicted octanol–water partition coefficient (Wildman–Crippen LogP) is 2.25. The number of hydrogen-bond acceptors (Lipinski definition) is 5. The number of rotatable bonds is 4. The Bertz CT molecular complexity index is 705. The molecule has 0 aliphatic heterocycles. The Morgan fingerprint density at radius 2 is 2.05 bits per heavy atom. The highest BCUT2D eigenvalue weighted by Gasteiger charge is 2.19. The fourth-order valence-electron chi connectivity index (χ4n) is 1.86. The Labute approximate surface area is 120 Å². The lowest BCUT2D eigenvalue weighted by molar-refractivity contribution is 0.0697. The highest BCUT2D eigenvalue weighted by molar-refractivity contribution is 6.06. The van der Waals surface area contributed by atoms with Crippen molar-refractivity contribution >= 4 is 17.6 Å². The van der Waals surface area contributed by atoms with Crippen LogP contribution >= 0.6 is 0 Å². The Kier molecular flexibility index (Phi) is 3.93. The van der Waals surface area contributed by atoms with Gasteiger partial charge in [-0.2, -0.15) is 0 Å². The molecule has 7 nitrogen and oxygen atoms in total. The maximum absolute atomic E-state index is 12.1. The first-order chi connectivity index (χ1) is 9.92. The molecule has 1 amide bonds. The molecule has 0 spiro atoms. The summed E-state index contributed by atoms with van der Waals surface area (Å²) in [6.45, 7) is 3.26. The number of anilines is 1. The van der Waals surface area contributed by atoms with E-state index in [1.54, 1.807) is 19.9 Å². The number of carboxylic acid groups (broad SMARTS) is 1. The van der Waals surface area contributed by atoms with Gasteiger partial charge in [-0.05, 0) is 25.1 Å². The Hall–Kier alpha value is -2.83. The summed E-state index contributed by atoms with van der Waals surface area (Å²) in [6.07, 6.45) is 0. The summed E-state index contributed by atoms with van der Waals surface area (Å²) < 4.78 is 10.2. The van der Waals surface area contributed by atoms with Gasteiger partial charge in [-0.1, -0.05) is 0 Å². The van der Waals surface area contributed by atoms with Crippen molar-refractivity contribution in [3.63, 3.8) is 0 Å². The van der Waals surface area contributed by atoms with Crippen molar-refractivity contribution in [2.24, 2.45) is 0 Å². The number of ether oxygens (including phenoxy) is 1. The number of carboxylic acids is 1. The lowest BCUT2D eigenvalue weighted by atomic mass is 10.1. The maximum Gasteiger partial charge on any atom is 0.337 e. The fraction of sp³-hybridized carbons (Fsp3) is 0.214. The molecule has 0 aliphatic rings. The molecule has 0 radical (unpaired) electrons. The molecular formula is C14H14N2O5. The lowest BCUT2D eigenvalue weighted by Crippen LogP contribution is -2.15. The molecule has 1 aromatic heterocycles. The Balaban J connectivity index is 2.33. The van der Waals surface area contributed by atoms with Crippen molar-refractivity contribution in [2.75, 3.05) is 12.4 Å². The van der Waals surface area contributed by atoms with Gasteiger partial charge in [-0.3, -0.25) is 4.79 Å². The number of nitrogens with zero attached hydrogens (tertiary/aromatic N) is 1. The summed E-state index contributed by atoms with van der Waals surface area (Å²) in [5.41, 5.74) is 0.522. The number of carbonyl (C=O) groups is 2. The van der Waals surface area contributed by atoms with Crippen molar-refractivity contribution in [3.05, 3.63) is 41.1 Å². The first-order valence-corrected chi connectivity index (χ1v) is 6.09. The number of aromatic carboxylic acids is 1. The van der Waals surface area contributed by atoms with E-state index in [1.807, 2.05) is 0 Å². The number of carbonyl (C=O) groups excluding carboxylic acids is 1. The zero-order chi connectivity index (χ0) is 15.6. The van der Waals surface area contributed by atoms with Gasteiger partial charge in [0.1, 0.15) is 5.75 Å². The highest BCUT2D eigenvalue weighted by Crippen LogP contribution is 2.23. The van der Waals surface area contributed by atoms with Gasteiger partial charge < -0.3 is 19.6 Å². The fourth-order valence-corrected chi connectivity index (χ4v) is 1.86. The zero-order valence-electron chi connectivity index (χ0n) is 11.8. The van der Waals surface area contributed by atoms with Crippen LogP contribution in [-0.2, 0) is 0 Å². The maximum atomic E-state index is 12.1. The van der Waals surface area contributed by atoms with E-state index in [1.165, 1.54) is 19.2 Å². The normalized spacial score (nSPS) is 10.2. The van der Waals surface area contributed by atoms with Gasteiger partial charge in [0.15, 0.2) is 5.89 Å². The van der Waals surface area contributed by atoms with Crippen molar-refractivity contribution in [3.8, 4) is 5.75 Å². The third-order valence-corrected chi connectivity index (χ3v) is 2.82. The number of methoxy groups -OCH3 is 1. The van der Waals surface area contributed by atoms with E-state index in [-0.39, 0.29) is 17.0 Å². The number of aryl methyl sites for hydroxylation is 2. The Morgan fingerprint density at radius 1 is 1.33 bits per heavy atom. The summed E-state index contributed by atoms with van der Waals surface area (Å²) in [6, 6.07) is 4.34. The molecule has 0 unspecified atom stereocenters. The van der Waals surface area contributed by atoms with Gasteiger partial charge in [-0.25, -0.2) is 9.78 Å². The van der Waals surface area contributed by atoms with Crippen LogP contribution < -0.4 is 10.1 Å². The van der Waals surface area contributed by atoms with E-state index in [2.05, 4.69) is 10.3 Å². The lowest BCUT2D eigenvalue weighted by Gasteiger charge is -2.09.